The summed E-state index contributed by atoms with van der Waals surface area (Å²) in [6.45, 7) is 12.3. The first-order valence-corrected chi connectivity index (χ1v) is 22.3. The Labute approximate surface area is 348 Å². The zero-order chi connectivity index (χ0) is 41.9. The van der Waals surface area contributed by atoms with Gasteiger partial charge in [-0.3, -0.25) is 9.69 Å². The maximum absolute atomic E-state index is 14.5. The van der Waals surface area contributed by atoms with E-state index in [1.54, 1.807) is 6.07 Å². The fourth-order valence-corrected chi connectivity index (χ4v) is 12.8. The van der Waals surface area contributed by atoms with E-state index in [1.165, 1.54) is 18.8 Å². The summed E-state index contributed by atoms with van der Waals surface area (Å²) < 4.78 is 13.0. The lowest BCUT2D eigenvalue weighted by Crippen LogP contribution is -2.67. The number of benzene rings is 5. The summed E-state index contributed by atoms with van der Waals surface area (Å²) >= 11 is 1.45. The van der Waals surface area contributed by atoms with Crippen LogP contribution in [-0.2, 0) is 14.0 Å². The molecular formula is C47H55N3O6SSi. The molecule has 3 N–H and O–H groups in total. The number of para-hydroxylation sites is 1. The first-order valence-electron chi connectivity index (χ1n) is 19.4. The Morgan fingerprint density at radius 3 is 1.64 bits per heavy atom. The van der Waals surface area contributed by atoms with Crippen LogP contribution in [-0.4, -0.2) is 73.5 Å². The third kappa shape index (κ3) is 11.0. The molecule has 5 aromatic rings. The molecule has 0 radical (unpaired) electrons. The van der Waals surface area contributed by atoms with Crippen LogP contribution in [0, 0.1) is 0 Å². The highest BCUT2D eigenvalue weighted by Crippen LogP contribution is 2.38. The number of nitrogens with zero attached hydrogens (tertiary/aromatic N) is 1. The summed E-state index contributed by atoms with van der Waals surface area (Å²) in [5.41, 5.74) is 1.42. The van der Waals surface area contributed by atoms with Crippen molar-refractivity contribution in [1.29, 1.82) is 0 Å². The molecular weight excluding hydrogens is 763 g/mol. The largest absolute Gasteiger partial charge is 0.465 e. The Morgan fingerprint density at radius 2 is 1.17 bits per heavy atom. The lowest BCUT2D eigenvalue weighted by molar-refractivity contribution is -0.120. The van der Waals surface area contributed by atoms with Gasteiger partial charge in [0, 0.05) is 23.6 Å². The van der Waals surface area contributed by atoms with Gasteiger partial charge in [-0.15, -0.1) is 11.8 Å². The molecule has 3 amide bonds. The summed E-state index contributed by atoms with van der Waals surface area (Å²) in [5.74, 6) is -0.696. The van der Waals surface area contributed by atoms with Gasteiger partial charge in [-0.05, 0) is 59.4 Å². The zero-order valence-corrected chi connectivity index (χ0v) is 36.2. The number of hydrogen-bond donors (Lipinski definition) is 3. The van der Waals surface area contributed by atoms with Crippen LogP contribution in [0.25, 0.3) is 0 Å². The van der Waals surface area contributed by atoms with Crippen molar-refractivity contribution in [3.63, 3.8) is 0 Å². The molecule has 2 atom stereocenters. The van der Waals surface area contributed by atoms with E-state index in [9.17, 15) is 19.5 Å². The molecule has 0 bridgehead atoms. The average Bonchev–Trinajstić information content (AvgIpc) is 3.19. The van der Waals surface area contributed by atoms with Crippen molar-refractivity contribution in [2.45, 2.75) is 75.1 Å². The minimum atomic E-state index is -2.96. The van der Waals surface area contributed by atoms with Gasteiger partial charge < -0.3 is 24.9 Å². The van der Waals surface area contributed by atoms with Gasteiger partial charge in [-0.2, -0.15) is 0 Å². The number of rotatable bonds is 15. The normalized spacial score (nSPS) is 13.0. The van der Waals surface area contributed by atoms with E-state index in [0.29, 0.717) is 11.4 Å². The van der Waals surface area contributed by atoms with E-state index in [0.717, 1.165) is 31.3 Å². The molecule has 0 saturated heterocycles. The van der Waals surface area contributed by atoms with Crippen LogP contribution < -0.4 is 21.0 Å². The third-order valence-electron chi connectivity index (χ3n) is 9.84. The second-order valence-corrected chi connectivity index (χ2v) is 21.6. The molecule has 0 spiro atoms. The van der Waals surface area contributed by atoms with Gasteiger partial charge in [0.1, 0.15) is 11.6 Å². The molecule has 0 saturated carbocycles. The van der Waals surface area contributed by atoms with Crippen LogP contribution in [0.4, 0.5) is 15.3 Å². The Kier molecular flexibility index (Phi) is 14.6. The smallest absolute Gasteiger partial charge is 0.407 e. The fourth-order valence-electron chi connectivity index (χ4n) is 7.23. The Hall–Kier alpha value is -5.36. The maximum Gasteiger partial charge on any atom is 0.407 e. The zero-order valence-electron chi connectivity index (χ0n) is 34.3. The molecule has 304 valence electrons. The Morgan fingerprint density at radius 1 is 0.707 bits per heavy atom. The summed E-state index contributed by atoms with van der Waals surface area (Å²) in [6.07, 6.45) is -1.78. The van der Waals surface area contributed by atoms with Crippen LogP contribution in [0.5, 0.6) is 0 Å². The van der Waals surface area contributed by atoms with E-state index in [1.807, 2.05) is 136 Å². The van der Waals surface area contributed by atoms with E-state index in [2.05, 4.69) is 55.7 Å². The predicted molar refractivity (Wildman–Crippen MR) is 237 cm³/mol. The molecule has 5 rings (SSSR count). The van der Waals surface area contributed by atoms with Gasteiger partial charge >= 0.3 is 12.2 Å². The van der Waals surface area contributed by atoms with Crippen LogP contribution in [0.15, 0.2) is 150 Å². The van der Waals surface area contributed by atoms with Crippen LogP contribution in [0.2, 0.25) is 5.04 Å². The molecule has 0 fully saturated rings. The Bertz CT molecular complexity index is 2010. The maximum atomic E-state index is 14.5. The number of alkyl carbamates (subject to hydrolysis) is 1. The number of carbonyl (C=O) groups is 3. The minimum Gasteiger partial charge on any atom is -0.465 e. The topological polar surface area (TPSA) is 117 Å². The SMILES string of the molecule is CN(C(=O)O)[C@H](C(=O)Nc1ccccc1SC[C@H](CO[Si](c1ccccc1)(c1ccccc1)C(C)(C)C)NC(=O)OC(C)(C)C)C(c1ccccc1)c1ccccc1. The number of likely N-dealkylation sites (N-methyl/N-ethyl adjacent to an activating group) is 1. The quantitative estimate of drug-likeness (QED) is 0.0714. The number of hydrogen-bond acceptors (Lipinski definition) is 6. The highest BCUT2D eigenvalue weighted by atomic mass is 32.2. The van der Waals surface area contributed by atoms with E-state index in [-0.39, 0.29) is 11.6 Å². The number of amides is 3. The van der Waals surface area contributed by atoms with Crippen molar-refractivity contribution < 1.29 is 28.7 Å². The molecule has 0 aliphatic carbocycles. The van der Waals surface area contributed by atoms with Crippen LogP contribution >= 0.6 is 11.8 Å². The third-order valence-corrected chi connectivity index (χ3v) is 16.1. The number of thioether (sulfide) groups is 1. The second-order valence-electron chi connectivity index (χ2n) is 16.3. The number of nitrogens with one attached hydrogen (secondary N) is 2. The number of carboxylic acid groups (broad SMARTS) is 1. The summed E-state index contributed by atoms with van der Waals surface area (Å²) in [6, 6.07) is 45.4. The lowest BCUT2D eigenvalue weighted by atomic mass is 9.84. The van der Waals surface area contributed by atoms with E-state index < -0.39 is 50.0 Å². The highest BCUT2D eigenvalue weighted by molar-refractivity contribution is 7.99. The molecule has 9 nitrogen and oxygen atoms in total. The number of carbonyl (C=O) groups excluding carboxylic acids is 2. The monoisotopic (exact) mass is 817 g/mol. The van der Waals surface area contributed by atoms with Crippen molar-refractivity contribution >= 4 is 54.2 Å². The first-order chi connectivity index (χ1) is 27.6. The van der Waals surface area contributed by atoms with Crippen molar-refractivity contribution in [2.75, 3.05) is 24.7 Å². The molecule has 58 heavy (non-hydrogen) atoms. The van der Waals surface area contributed by atoms with Crippen LogP contribution in [0.3, 0.4) is 0 Å². The van der Waals surface area contributed by atoms with Crippen molar-refractivity contribution in [1.82, 2.24) is 10.2 Å². The molecule has 11 heteroatoms. The van der Waals surface area contributed by atoms with Crippen molar-refractivity contribution in [3.8, 4) is 0 Å². The van der Waals surface area contributed by atoms with Gasteiger partial charge in [0.2, 0.25) is 5.91 Å². The molecule has 5 aromatic carbocycles. The molecule has 0 aliphatic heterocycles. The predicted octanol–water partition coefficient (Wildman–Crippen LogP) is 9.00. The van der Waals surface area contributed by atoms with Gasteiger partial charge in [0.05, 0.1) is 18.3 Å². The van der Waals surface area contributed by atoms with Crippen LogP contribution in [0.1, 0.15) is 58.6 Å². The summed E-state index contributed by atoms with van der Waals surface area (Å²) in [4.78, 5) is 42.2. The van der Waals surface area contributed by atoms with Crippen molar-refractivity contribution in [2.24, 2.45) is 0 Å². The van der Waals surface area contributed by atoms with Crippen molar-refractivity contribution in [3.05, 3.63) is 157 Å². The molecule has 0 heterocycles. The Balaban J connectivity index is 1.46. The van der Waals surface area contributed by atoms with Gasteiger partial charge in [0.25, 0.3) is 8.32 Å². The van der Waals surface area contributed by atoms with Gasteiger partial charge in [-0.1, -0.05) is 154 Å². The summed E-state index contributed by atoms with van der Waals surface area (Å²) in [5, 5.41) is 18.4. The second kappa shape index (κ2) is 19.4. The molecule has 0 unspecified atom stereocenters. The van der Waals surface area contributed by atoms with Gasteiger partial charge in [0.15, 0.2) is 0 Å². The highest BCUT2D eigenvalue weighted by Gasteiger charge is 2.50. The minimum absolute atomic E-state index is 0.190. The van der Waals surface area contributed by atoms with Gasteiger partial charge in [-0.25, -0.2) is 9.59 Å². The van der Waals surface area contributed by atoms with E-state index >= 15 is 0 Å². The average molecular weight is 818 g/mol. The first kappa shape index (κ1) is 43.8. The standard InChI is InChI=1S/C47H55N3O6SSi/c1-46(2,3)56-44(52)48-36(32-55-58(47(4,5)6,37-26-16-10-17-27-37)38-28-18-11-19-29-38)33-57-40-31-21-20-30-39(40)49-43(51)42(50(7)45(53)54)41(34-22-12-8-13-23-34)35-24-14-9-15-25-35/h8-31,36,41-42H,32-33H2,1-7H3,(H,48,52)(H,49,51)(H,53,54)/t36-,42-/m0/s1. The molecule has 0 aliphatic rings. The number of ether oxygens (including phenoxy) is 1. The van der Waals surface area contributed by atoms with E-state index in [4.69, 9.17) is 9.16 Å². The fraction of sp³-hybridized carbons (Fsp3) is 0.298. The summed E-state index contributed by atoms with van der Waals surface area (Å²) in [7, 11) is -1.54. The lowest BCUT2D eigenvalue weighted by Gasteiger charge is -2.43. The number of anilines is 1. The molecule has 0 aromatic heterocycles.